The average Bonchev–Trinajstić information content (AvgIpc) is 3.28. The van der Waals surface area contributed by atoms with Crippen molar-refractivity contribution in [2.75, 3.05) is 5.32 Å². The highest BCUT2D eigenvalue weighted by Gasteiger charge is 2.53. The van der Waals surface area contributed by atoms with Crippen molar-refractivity contribution in [1.82, 2.24) is 4.98 Å². The van der Waals surface area contributed by atoms with E-state index in [0.29, 0.717) is 16.4 Å². The fourth-order valence-corrected chi connectivity index (χ4v) is 6.26. The second-order valence-electron chi connectivity index (χ2n) is 8.87. The van der Waals surface area contributed by atoms with Crippen LogP contribution in [0.25, 0.3) is 11.3 Å². The van der Waals surface area contributed by atoms with Crippen molar-refractivity contribution >= 4 is 22.4 Å². The molecule has 32 heavy (non-hydrogen) atoms. The first-order valence-corrected chi connectivity index (χ1v) is 11.6. The Hall–Kier alpha value is -3.31. The van der Waals surface area contributed by atoms with Crippen molar-refractivity contribution < 1.29 is 9.18 Å². The maximum Gasteiger partial charge on any atom is 0.233 e. The number of amides is 1. The van der Waals surface area contributed by atoms with Gasteiger partial charge in [-0.15, -0.1) is 11.3 Å². The molecular weight excluding hydrogens is 419 g/mol. The minimum atomic E-state index is -0.585. The predicted molar refractivity (Wildman–Crippen MR) is 125 cm³/mol. The van der Waals surface area contributed by atoms with Gasteiger partial charge < -0.3 is 5.32 Å². The number of rotatable bonds is 3. The molecule has 7 rings (SSSR count). The second-order valence-corrected chi connectivity index (χ2v) is 9.73. The van der Waals surface area contributed by atoms with Crippen LogP contribution in [0, 0.1) is 11.2 Å². The molecule has 1 atom stereocenters. The molecule has 3 nitrogen and oxygen atoms in total. The maximum atomic E-state index is 13.7. The van der Waals surface area contributed by atoms with E-state index in [4.69, 9.17) is 0 Å². The number of nitrogens with one attached hydrogen (secondary N) is 1. The van der Waals surface area contributed by atoms with Crippen molar-refractivity contribution in [3.8, 4) is 11.3 Å². The standard InChI is InChI=1S/C27H21FN2OS/c1-27(25(31)30-26-29-23(15-32-26)16-7-6-8-17(28)13-16)14-22-18-9-2-4-11-20(18)24(27)21-12-5-3-10-19(21)22/h2-13,15,22,24H,14H2,1H3,(H,29,30,31). The van der Waals surface area contributed by atoms with E-state index in [0.717, 1.165) is 6.42 Å². The summed E-state index contributed by atoms with van der Waals surface area (Å²) in [5, 5.41) is 5.47. The molecule has 1 unspecified atom stereocenters. The Morgan fingerprint density at radius 2 is 1.66 bits per heavy atom. The molecule has 1 N–H and O–H groups in total. The van der Waals surface area contributed by atoms with Crippen LogP contribution >= 0.6 is 11.3 Å². The number of anilines is 1. The van der Waals surface area contributed by atoms with Crippen molar-refractivity contribution in [3.63, 3.8) is 0 Å². The third kappa shape index (κ3) is 2.84. The molecule has 1 aromatic heterocycles. The molecule has 2 bridgehead atoms. The highest BCUT2D eigenvalue weighted by molar-refractivity contribution is 7.14. The molecule has 3 aromatic carbocycles. The van der Waals surface area contributed by atoms with Gasteiger partial charge in [-0.25, -0.2) is 9.37 Å². The van der Waals surface area contributed by atoms with E-state index < -0.39 is 5.41 Å². The molecule has 0 saturated heterocycles. The molecule has 0 saturated carbocycles. The Morgan fingerprint density at radius 3 is 2.31 bits per heavy atom. The SMILES string of the molecule is CC1(C(=O)Nc2nc(-c3cccc(F)c3)cs2)CC2c3ccccc3C1c1ccccc12. The summed E-state index contributed by atoms with van der Waals surface area (Å²) in [5.41, 5.74) is 5.95. The molecule has 4 aromatic rings. The summed E-state index contributed by atoms with van der Waals surface area (Å²) < 4.78 is 13.6. The van der Waals surface area contributed by atoms with Crippen LogP contribution in [0.5, 0.6) is 0 Å². The normalized spacial score (nSPS) is 22.8. The fourth-order valence-electron chi connectivity index (χ4n) is 5.54. The van der Waals surface area contributed by atoms with Gasteiger partial charge in [0.25, 0.3) is 0 Å². The van der Waals surface area contributed by atoms with Crippen LogP contribution in [0.1, 0.15) is 47.4 Å². The average molecular weight is 441 g/mol. The Kier molecular flexibility index (Phi) is 4.30. The molecule has 158 valence electrons. The number of hydrogen-bond donors (Lipinski definition) is 1. The Bertz CT molecular complexity index is 1320. The third-order valence-corrected chi connectivity index (χ3v) is 7.75. The largest absolute Gasteiger partial charge is 0.301 e. The minimum absolute atomic E-state index is 0.00236. The van der Waals surface area contributed by atoms with E-state index >= 15 is 0 Å². The zero-order valence-corrected chi connectivity index (χ0v) is 18.3. The number of thiazole rings is 1. The molecule has 1 heterocycles. The summed E-state index contributed by atoms with van der Waals surface area (Å²) in [6, 6.07) is 23.4. The van der Waals surface area contributed by atoms with E-state index in [1.165, 1.54) is 45.7 Å². The first-order chi connectivity index (χ1) is 15.5. The number of carbonyl (C=O) groups excluding carboxylic acids is 1. The van der Waals surface area contributed by atoms with Gasteiger partial charge in [-0.2, -0.15) is 0 Å². The van der Waals surface area contributed by atoms with E-state index in [-0.39, 0.29) is 23.6 Å². The number of hydrogen-bond acceptors (Lipinski definition) is 3. The van der Waals surface area contributed by atoms with Gasteiger partial charge in [0.1, 0.15) is 5.82 Å². The summed E-state index contributed by atoms with van der Waals surface area (Å²) in [6.07, 6.45) is 0.764. The van der Waals surface area contributed by atoms with Crippen LogP contribution in [0.15, 0.2) is 78.2 Å². The lowest BCUT2D eigenvalue weighted by atomic mass is 9.52. The fraction of sp³-hybridized carbons (Fsp3) is 0.185. The van der Waals surface area contributed by atoms with Crippen molar-refractivity contribution in [3.05, 3.63) is 106 Å². The van der Waals surface area contributed by atoms with Gasteiger partial charge in [-0.1, -0.05) is 60.7 Å². The molecule has 0 radical (unpaired) electrons. The highest BCUT2D eigenvalue weighted by atomic mass is 32.1. The molecular formula is C27H21FN2OS. The van der Waals surface area contributed by atoms with Gasteiger partial charge in [0.2, 0.25) is 5.91 Å². The Balaban J connectivity index is 1.35. The van der Waals surface area contributed by atoms with E-state index in [2.05, 4.69) is 65.8 Å². The number of halogens is 1. The summed E-state index contributed by atoms with van der Waals surface area (Å²) in [5.74, 6) is -0.106. The van der Waals surface area contributed by atoms with Gasteiger partial charge in [0, 0.05) is 22.8 Å². The lowest BCUT2D eigenvalue weighted by Crippen LogP contribution is -2.47. The van der Waals surface area contributed by atoms with Gasteiger partial charge >= 0.3 is 0 Å². The van der Waals surface area contributed by atoms with E-state index in [1.54, 1.807) is 6.07 Å². The Labute approximate surface area is 190 Å². The van der Waals surface area contributed by atoms with Crippen LogP contribution in [0.3, 0.4) is 0 Å². The van der Waals surface area contributed by atoms with Gasteiger partial charge in [-0.05, 0) is 47.7 Å². The quantitative estimate of drug-likeness (QED) is 0.391. The van der Waals surface area contributed by atoms with Crippen LogP contribution in [0.4, 0.5) is 9.52 Å². The van der Waals surface area contributed by atoms with Gasteiger partial charge in [0.05, 0.1) is 11.1 Å². The molecule has 1 amide bonds. The molecule has 3 aliphatic rings. The lowest BCUT2D eigenvalue weighted by molar-refractivity contribution is -0.126. The smallest absolute Gasteiger partial charge is 0.233 e. The number of fused-ring (bicyclic) bond motifs is 1. The van der Waals surface area contributed by atoms with Gasteiger partial charge in [-0.3, -0.25) is 4.79 Å². The first kappa shape index (κ1) is 19.4. The van der Waals surface area contributed by atoms with E-state index in [1.807, 2.05) is 11.4 Å². The van der Waals surface area contributed by atoms with Crippen molar-refractivity contribution in [2.24, 2.45) is 5.41 Å². The molecule has 0 fully saturated rings. The Morgan fingerprint density at radius 1 is 1.00 bits per heavy atom. The topological polar surface area (TPSA) is 42.0 Å². The molecule has 5 heteroatoms. The predicted octanol–water partition coefficient (Wildman–Crippen LogP) is 6.58. The monoisotopic (exact) mass is 440 g/mol. The molecule has 0 spiro atoms. The van der Waals surface area contributed by atoms with Crippen LogP contribution in [-0.2, 0) is 4.79 Å². The number of nitrogens with zero attached hydrogens (tertiary/aromatic N) is 1. The van der Waals surface area contributed by atoms with Crippen molar-refractivity contribution in [1.29, 1.82) is 0 Å². The van der Waals surface area contributed by atoms with Crippen LogP contribution < -0.4 is 5.32 Å². The zero-order valence-electron chi connectivity index (χ0n) is 17.5. The molecule has 3 aliphatic carbocycles. The summed E-state index contributed by atoms with van der Waals surface area (Å²) in [4.78, 5) is 18.3. The summed E-state index contributed by atoms with van der Waals surface area (Å²) in [6.45, 7) is 2.08. The van der Waals surface area contributed by atoms with E-state index in [9.17, 15) is 9.18 Å². The van der Waals surface area contributed by atoms with Gasteiger partial charge in [0.15, 0.2) is 5.13 Å². The third-order valence-electron chi connectivity index (χ3n) is 6.99. The van der Waals surface area contributed by atoms with Crippen molar-refractivity contribution in [2.45, 2.75) is 25.2 Å². The maximum absolute atomic E-state index is 13.7. The number of carbonyl (C=O) groups is 1. The highest BCUT2D eigenvalue weighted by Crippen LogP contribution is 2.61. The zero-order chi connectivity index (χ0) is 21.9. The minimum Gasteiger partial charge on any atom is -0.301 e. The van der Waals surface area contributed by atoms with Crippen LogP contribution in [0.2, 0.25) is 0 Å². The summed E-state index contributed by atoms with van der Waals surface area (Å²) >= 11 is 1.37. The number of aromatic nitrogens is 1. The lowest BCUT2D eigenvalue weighted by Gasteiger charge is -2.50. The first-order valence-electron chi connectivity index (χ1n) is 10.8. The molecule has 0 aliphatic heterocycles. The summed E-state index contributed by atoms with van der Waals surface area (Å²) in [7, 11) is 0. The van der Waals surface area contributed by atoms with Crippen LogP contribution in [-0.4, -0.2) is 10.9 Å². The second kappa shape index (κ2) is 7.10. The number of benzene rings is 3.